The van der Waals surface area contributed by atoms with Crippen molar-refractivity contribution in [2.75, 3.05) is 13.0 Å². The number of amides is 1. The number of hydrogen-bond acceptors (Lipinski definition) is 6. The first-order chi connectivity index (χ1) is 11.9. The minimum Gasteiger partial charge on any atom is -0.481 e. The molecule has 0 radical (unpaired) electrons. The molecule has 1 aromatic carbocycles. The first-order valence-corrected chi connectivity index (χ1v) is 9.79. The Morgan fingerprint density at radius 1 is 1.19 bits per heavy atom. The molecule has 0 fully saturated rings. The Bertz CT molecular complexity index is 738. The van der Waals surface area contributed by atoms with Crippen LogP contribution in [0, 0.1) is 0 Å². The Kier molecular flexibility index (Phi) is 7.58. The number of rotatable bonds is 8. The van der Waals surface area contributed by atoms with Gasteiger partial charge in [0, 0.05) is 6.42 Å². The average Bonchev–Trinajstić information content (AvgIpc) is 2.47. The van der Waals surface area contributed by atoms with Gasteiger partial charge in [0.25, 0.3) is 10.1 Å². The molecule has 26 heavy (non-hydrogen) atoms. The summed E-state index contributed by atoms with van der Waals surface area (Å²) >= 11 is 0. The van der Waals surface area contributed by atoms with E-state index in [1.54, 1.807) is 45.0 Å². The third-order valence-corrected chi connectivity index (χ3v) is 3.60. The van der Waals surface area contributed by atoms with E-state index in [4.69, 9.17) is 14.0 Å². The van der Waals surface area contributed by atoms with E-state index >= 15 is 0 Å². The number of benzene rings is 1. The van der Waals surface area contributed by atoms with Gasteiger partial charge in [-0.15, -0.1) is 0 Å². The molecule has 146 valence electrons. The number of aryl methyl sites for hydroxylation is 1. The molecule has 0 saturated carbocycles. The molecule has 0 saturated heterocycles. The molecule has 0 spiro atoms. The van der Waals surface area contributed by atoms with E-state index in [1.807, 2.05) is 0 Å². The maximum absolute atomic E-state index is 12.3. The Balaban J connectivity index is 2.91. The zero-order valence-electron chi connectivity index (χ0n) is 15.4. The summed E-state index contributed by atoms with van der Waals surface area (Å²) in [6.07, 6.45) is 0.538. The third kappa shape index (κ3) is 9.38. The van der Waals surface area contributed by atoms with E-state index in [0.29, 0.717) is 12.0 Å². The van der Waals surface area contributed by atoms with Crippen LogP contribution in [0.15, 0.2) is 24.3 Å². The third-order valence-electron chi connectivity index (χ3n) is 3.07. The van der Waals surface area contributed by atoms with Crippen LogP contribution >= 0.6 is 0 Å². The first kappa shape index (κ1) is 21.9. The number of aliphatic carboxylic acids is 1. The van der Waals surface area contributed by atoms with Gasteiger partial charge in [0.15, 0.2) is 0 Å². The zero-order chi connectivity index (χ0) is 20.0. The summed E-state index contributed by atoms with van der Waals surface area (Å²) < 4.78 is 32.5. The highest BCUT2D eigenvalue weighted by atomic mass is 32.2. The smallest absolute Gasteiger partial charge is 0.412 e. The largest absolute Gasteiger partial charge is 0.481 e. The molecule has 9 heteroatoms. The van der Waals surface area contributed by atoms with Gasteiger partial charge in [-0.05, 0) is 38.3 Å². The summed E-state index contributed by atoms with van der Waals surface area (Å²) in [5.74, 6) is -0.896. The second-order valence-corrected chi connectivity index (χ2v) is 8.49. The second-order valence-electron chi connectivity index (χ2n) is 6.84. The second kappa shape index (κ2) is 9.00. The quantitative estimate of drug-likeness (QED) is 0.538. The van der Waals surface area contributed by atoms with Crippen LogP contribution in [0.1, 0.15) is 38.3 Å². The van der Waals surface area contributed by atoms with Crippen molar-refractivity contribution in [2.45, 2.75) is 45.8 Å². The van der Waals surface area contributed by atoms with Gasteiger partial charge >= 0.3 is 12.1 Å². The number of carbonyl (C=O) groups is 2. The molecular formula is C17H25NO7S. The first-order valence-electron chi connectivity index (χ1n) is 7.98. The average molecular weight is 387 g/mol. The lowest BCUT2D eigenvalue weighted by atomic mass is 10.1. The Morgan fingerprint density at radius 3 is 2.35 bits per heavy atom. The van der Waals surface area contributed by atoms with Crippen molar-refractivity contribution in [1.82, 2.24) is 4.90 Å². The number of nitrogens with zero attached hydrogens (tertiary/aromatic N) is 1. The molecule has 0 aliphatic rings. The van der Waals surface area contributed by atoms with E-state index in [1.165, 1.54) is 0 Å². The Hall–Kier alpha value is -2.13. The summed E-state index contributed by atoms with van der Waals surface area (Å²) in [5.41, 5.74) is 0.762. The van der Waals surface area contributed by atoms with Crippen LogP contribution in [0.5, 0.6) is 0 Å². The molecule has 0 unspecified atom stereocenters. The maximum Gasteiger partial charge on any atom is 0.412 e. The zero-order valence-corrected chi connectivity index (χ0v) is 16.2. The number of ether oxygens (including phenoxy) is 1. The fourth-order valence-corrected chi connectivity index (χ4v) is 2.32. The highest BCUT2D eigenvalue weighted by Gasteiger charge is 2.23. The van der Waals surface area contributed by atoms with Crippen LogP contribution in [-0.2, 0) is 36.8 Å². The number of carboxylic acids is 1. The van der Waals surface area contributed by atoms with Gasteiger partial charge in [0.05, 0.1) is 12.8 Å². The van der Waals surface area contributed by atoms with E-state index < -0.39 is 34.5 Å². The number of hydrogen-bond donors (Lipinski definition) is 1. The standard InChI is InChI=1S/C17H25NO7S/c1-17(2,3)25-16(21)18(12-24-26(4,22)23)11-14-7-5-6-13(10-14)8-9-15(19)20/h5-7,10H,8-9,11-12H2,1-4H3,(H,19,20). The molecule has 0 aliphatic heterocycles. The molecule has 0 heterocycles. The minimum absolute atomic E-state index is 0.00355. The highest BCUT2D eigenvalue weighted by Crippen LogP contribution is 2.15. The van der Waals surface area contributed by atoms with Crippen molar-refractivity contribution in [3.05, 3.63) is 35.4 Å². The Morgan fingerprint density at radius 2 is 1.81 bits per heavy atom. The molecule has 1 N–H and O–H groups in total. The number of carboxylic acid groups (broad SMARTS) is 1. The van der Waals surface area contributed by atoms with E-state index in [2.05, 4.69) is 0 Å². The minimum atomic E-state index is -3.73. The van der Waals surface area contributed by atoms with Gasteiger partial charge in [-0.3, -0.25) is 9.69 Å². The summed E-state index contributed by atoms with van der Waals surface area (Å²) in [6, 6.07) is 7.05. The summed E-state index contributed by atoms with van der Waals surface area (Å²) in [7, 11) is -3.73. The fourth-order valence-electron chi connectivity index (χ4n) is 2.00. The topological polar surface area (TPSA) is 110 Å². The number of carbonyl (C=O) groups excluding carboxylic acids is 1. The van der Waals surface area contributed by atoms with Crippen molar-refractivity contribution >= 4 is 22.2 Å². The van der Waals surface area contributed by atoms with Gasteiger partial charge in [0.1, 0.15) is 12.3 Å². The molecule has 1 rings (SSSR count). The van der Waals surface area contributed by atoms with E-state index in [9.17, 15) is 18.0 Å². The molecule has 0 aromatic heterocycles. The lowest BCUT2D eigenvalue weighted by Gasteiger charge is -2.27. The fraction of sp³-hybridized carbons (Fsp3) is 0.529. The predicted molar refractivity (Wildman–Crippen MR) is 95.0 cm³/mol. The molecule has 0 bridgehead atoms. The van der Waals surface area contributed by atoms with Crippen LogP contribution in [0.2, 0.25) is 0 Å². The van der Waals surface area contributed by atoms with Crippen molar-refractivity contribution in [1.29, 1.82) is 0 Å². The van der Waals surface area contributed by atoms with Crippen LogP contribution < -0.4 is 0 Å². The summed E-state index contributed by atoms with van der Waals surface area (Å²) in [5, 5.41) is 8.77. The van der Waals surface area contributed by atoms with Crippen molar-refractivity contribution in [3.63, 3.8) is 0 Å². The van der Waals surface area contributed by atoms with Crippen LogP contribution in [0.25, 0.3) is 0 Å². The van der Waals surface area contributed by atoms with E-state index in [0.717, 1.165) is 16.7 Å². The summed E-state index contributed by atoms with van der Waals surface area (Å²) in [4.78, 5) is 24.2. The van der Waals surface area contributed by atoms with Crippen LogP contribution in [0.3, 0.4) is 0 Å². The Labute approximate surface area is 153 Å². The van der Waals surface area contributed by atoms with Gasteiger partial charge in [-0.2, -0.15) is 8.42 Å². The van der Waals surface area contributed by atoms with E-state index in [-0.39, 0.29) is 13.0 Å². The van der Waals surface area contributed by atoms with Crippen molar-refractivity contribution in [2.24, 2.45) is 0 Å². The lowest BCUT2D eigenvalue weighted by molar-refractivity contribution is -0.136. The van der Waals surface area contributed by atoms with Crippen LogP contribution in [0.4, 0.5) is 4.79 Å². The molecule has 1 aromatic rings. The highest BCUT2D eigenvalue weighted by molar-refractivity contribution is 7.85. The molecule has 8 nitrogen and oxygen atoms in total. The predicted octanol–water partition coefficient (Wildman–Crippen LogP) is 2.37. The molecule has 0 atom stereocenters. The SMILES string of the molecule is CC(C)(C)OC(=O)N(COS(C)(=O)=O)Cc1cccc(CCC(=O)O)c1. The van der Waals surface area contributed by atoms with Crippen molar-refractivity contribution < 1.29 is 32.0 Å². The summed E-state index contributed by atoms with van der Waals surface area (Å²) in [6.45, 7) is 4.69. The normalized spacial score (nSPS) is 11.8. The van der Waals surface area contributed by atoms with Crippen molar-refractivity contribution in [3.8, 4) is 0 Å². The molecule has 0 aliphatic carbocycles. The molecule has 1 amide bonds. The van der Waals surface area contributed by atoms with Gasteiger partial charge in [-0.1, -0.05) is 24.3 Å². The lowest BCUT2D eigenvalue weighted by Crippen LogP contribution is -2.38. The van der Waals surface area contributed by atoms with Gasteiger partial charge < -0.3 is 9.84 Å². The monoisotopic (exact) mass is 387 g/mol. The molecular weight excluding hydrogens is 362 g/mol. The van der Waals surface area contributed by atoms with Gasteiger partial charge in [-0.25, -0.2) is 8.98 Å². The maximum atomic E-state index is 12.3. The van der Waals surface area contributed by atoms with Gasteiger partial charge in [0.2, 0.25) is 0 Å². The van der Waals surface area contributed by atoms with Crippen LogP contribution in [-0.4, -0.2) is 49.1 Å².